The number of rotatable bonds is 5. The number of nitrogens with zero attached hydrogens (tertiary/aromatic N) is 1. The normalized spacial score (nSPS) is 10.7. The third-order valence-electron chi connectivity index (χ3n) is 3.44. The van der Waals surface area contributed by atoms with Crippen LogP contribution in [-0.2, 0) is 12.3 Å². The van der Waals surface area contributed by atoms with E-state index in [-0.39, 0.29) is 0 Å². The minimum Gasteiger partial charge on any atom is -0.381 e. The van der Waals surface area contributed by atoms with E-state index in [0.717, 1.165) is 12.3 Å². The van der Waals surface area contributed by atoms with Gasteiger partial charge in [0, 0.05) is 35.8 Å². The summed E-state index contributed by atoms with van der Waals surface area (Å²) in [7, 11) is 0. The Labute approximate surface area is 129 Å². The Bertz CT molecular complexity index is 740. The maximum atomic E-state index is 4.15. The molecule has 3 heteroatoms. The van der Waals surface area contributed by atoms with Crippen LogP contribution in [0.4, 0.5) is 5.69 Å². The van der Waals surface area contributed by atoms with Crippen LogP contribution in [0.15, 0.2) is 60.9 Å². The quantitative estimate of drug-likeness (QED) is 0.737. The molecule has 0 unspecified atom stereocenters. The van der Waals surface area contributed by atoms with Crippen molar-refractivity contribution in [3.63, 3.8) is 0 Å². The molecule has 0 aliphatic carbocycles. The van der Waals surface area contributed by atoms with E-state index in [1.54, 1.807) is 0 Å². The zero-order valence-corrected chi connectivity index (χ0v) is 12.9. The third kappa shape index (κ3) is 3.56. The number of hydrogen-bond donors (Lipinski definition) is 1. The molecule has 0 amide bonds. The first kappa shape index (κ1) is 14.0. The fraction of sp³-hybridized carbons (Fsp3) is 0.167. The first-order chi connectivity index (χ1) is 10.3. The molecule has 2 nitrogen and oxygen atoms in total. The summed E-state index contributed by atoms with van der Waals surface area (Å²) in [5.41, 5.74) is 3.82. The first-order valence-electron chi connectivity index (χ1n) is 6.99. The fourth-order valence-electron chi connectivity index (χ4n) is 2.38. The summed E-state index contributed by atoms with van der Waals surface area (Å²) < 4.78 is 0. The number of pyridine rings is 1. The maximum absolute atomic E-state index is 4.15. The molecule has 1 N–H and O–H groups in total. The second-order valence-corrected chi connectivity index (χ2v) is 5.91. The Balaban J connectivity index is 1.72. The number of anilines is 1. The van der Waals surface area contributed by atoms with Crippen LogP contribution >= 0.6 is 11.8 Å². The fourth-order valence-corrected chi connectivity index (χ4v) is 2.90. The lowest BCUT2D eigenvalue weighted by molar-refractivity contribution is 1.15. The van der Waals surface area contributed by atoms with E-state index < -0.39 is 0 Å². The summed E-state index contributed by atoms with van der Waals surface area (Å²) in [4.78, 5) is 4.15. The predicted molar refractivity (Wildman–Crippen MR) is 92.7 cm³/mol. The summed E-state index contributed by atoms with van der Waals surface area (Å²) in [6.45, 7) is 0.834. The Morgan fingerprint density at radius 2 is 1.95 bits per heavy atom. The number of nitrogens with one attached hydrogen (secondary N) is 1. The van der Waals surface area contributed by atoms with E-state index in [0.29, 0.717) is 0 Å². The number of fused-ring (bicyclic) bond motifs is 1. The molecule has 2 aromatic carbocycles. The number of aromatic nitrogens is 1. The van der Waals surface area contributed by atoms with Gasteiger partial charge in [-0.25, -0.2) is 0 Å². The van der Waals surface area contributed by atoms with Crippen LogP contribution in [0, 0.1) is 0 Å². The van der Waals surface area contributed by atoms with Gasteiger partial charge in [-0.2, -0.15) is 11.8 Å². The van der Waals surface area contributed by atoms with Crippen molar-refractivity contribution in [2.24, 2.45) is 0 Å². The van der Waals surface area contributed by atoms with Crippen LogP contribution < -0.4 is 5.32 Å². The van der Waals surface area contributed by atoms with Crippen molar-refractivity contribution < 1.29 is 0 Å². The van der Waals surface area contributed by atoms with Gasteiger partial charge >= 0.3 is 0 Å². The van der Waals surface area contributed by atoms with Crippen molar-refractivity contribution in [1.82, 2.24) is 4.98 Å². The van der Waals surface area contributed by atoms with Gasteiger partial charge in [-0.05, 0) is 47.0 Å². The van der Waals surface area contributed by atoms with Crippen LogP contribution in [-0.4, -0.2) is 11.2 Å². The number of benzene rings is 2. The van der Waals surface area contributed by atoms with Crippen LogP contribution in [0.5, 0.6) is 0 Å². The first-order valence-corrected chi connectivity index (χ1v) is 8.39. The van der Waals surface area contributed by atoms with Gasteiger partial charge in [-0.3, -0.25) is 4.98 Å². The van der Waals surface area contributed by atoms with Gasteiger partial charge in [0.1, 0.15) is 0 Å². The van der Waals surface area contributed by atoms with Crippen LogP contribution in [0.1, 0.15) is 11.1 Å². The molecule has 106 valence electrons. The SMILES string of the molecule is CSCc1cccc(NCc2ccc3cnccc3c2)c1. The minimum atomic E-state index is 0.834. The molecule has 0 spiro atoms. The summed E-state index contributed by atoms with van der Waals surface area (Å²) >= 11 is 1.85. The van der Waals surface area contributed by atoms with E-state index in [2.05, 4.69) is 65.1 Å². The van der Waals surface area contributed by atoms with Gasteiger partial charge in [-0.15, -0.1) is 0 Å². The molecule has 0 saturated carbocycles. The molecule has 3 aromatic rings. The lowest BCUT2D eigenvalue weighted by Gasteiger charge is -2.09. The van der Waals surface area contributed by atoms with Gasteiger partial charge < -0.3 is 5.32 Å². The average molecular weight is 294 g/mol. The molecule has 1 aromatic heterocycles. The molecule has 3 rings (SSSR count). The molecule has 0 aliphatic heterocycles. The maximum Gasteiger partial charge on any atom is 0.0401 e. The lowest BCUT2D eigenvalue weighted by Crippen LogP contribution is -1.99. The molecule has 0 aliphatic rings. The largest absolute Gasteiger partial charge is 0.381 e. The number of thioether (sulfide) groups is 1. The Kier molecular flexibility index (Phi) is 4.41. The topological polar surface area (TPSA) is 24.9 Å². The van der Waals surface area contributed by atoms with E-state index in [1.807, 2.05) is 24.2 Å². The Morgan fingerprint density at radius 3 is 2.86 bits per heavy atom. The van der Waals surface area contributed by atoms with E-state index in [9.17, 15) is 0 Å². The predicted octanol–water partition coefficient (Wildman–Crippen LogP) is 4.71. The molecule has 0 saturated heterocycles. The van der Waals surface area contributed by atoms with Crippen LogP contribution in [0.3, 0.4) is 0 Å². The highest BCUT2D eigenvalue weighted by molar-refractivity contribution is 7.97. The molecule has 0 fully saturated rings. The summed E-state index contributed by atoms with van der Waals surface area (Å²) in [6, 6.07) is 17.2. The van der Waals surface area contributed by atoms with Gasteiger partial charge in [0.2, 0.25) is 0 Å². The molecule has 21 heavy (non-hydrogen) atoms. The van der Waals surface area contributed by atoms with E-state index in [1.165, 1.54) is 27.6 Å². The third-order valence-corrected chi connectivity index (χ3v) is 4.06. The second kappa shape index (κ2) is 6.64. The van der Waals surface area contributed by atoms with Crippen molar-refractivity contribution in [3.05, 3.63) is 72.1 Å². The average Bonchev–Trinajstić information content (AvgIpc) is 2.53. The molecule has 0 bridgehead atoms. The van der Waals surface area contributed by atoms with Crippen molar-refractivity contribution in [2.75, 3.05) is 11.6 Å². The van der Waals surface area contributed by atoms with Crippen molar-refractivity contribution in [2.45, 2.75) is 12.3 Å². The van der Waals surface area contributed by atoms with Gasteiger partial charge in [0.25, 0.3) is 0 Å². The monoisotopic (exact) mass is 294 g/mol. The van der Waals surface area contributed by atoms with Gasteiger partial charge in [-0.1, -0.05) is 24.3 Å². The standard InChI is InChI=1S/C18H18N2S/c1-21-13-15-3-2-4-18(10-15)20-11-14-5-6-17-12-19-8-7-16(17)9-14/h2-10,12,20H,11,13H2,1H3. The molecule has 0 atom stereocenters. The number of hydrogen-bond acceptors (Lipinski definition) is 3. The van der Waals surface area contributed by atoms with Crippen LogP contribution in [0.25, 0.3) is 10.8 Å². The molecule has 1 heterocycles. The Hall–Kier alpha value is -2.00. The zero-order chi connectivity index (χ0) is 14.5. The highest BCUT2D eigenvalue weighted by Crippen LogP contribution is 2.18. The molecular formula is C18H18N2S. The zero-order valence-electron chi connectivity index (χ0n) is 12.0. The van der Waals surface area contributed by atoms with E-state index >= 15 is 0 Å². The highest BCUT2D eigenvalue weighted by atomic mass is 32.2. The molecular weight excluding hydrogens is 276 g/mol. The minimum absolute atomic E-state index is 0.834. The van der Waals surface area contributed by atoms with Crippen molar-refractivity contribution in [1.29, 1.82) is 0 Å². The smallest absolute Gasteiger partial charge is 0.0401 e. The summed E-state index contributed by atoms with van der Waals surface area (Å²) in [5.74, 6) is 1.05. The lowest BCUT2D eigenvalue weighted by atomic mass is 10.1. The van der Waals surface area contributed by atoms with Crippen LogP contribution in [0.2, 0.25) is 0 Å². The van der Waals surface area contributed by atoms with Crippen molar-refractivity contribution >= 4 is 28.2 Å². The Morgan fingerprint density at radius 1 is 1.00 bits per heavy atom. The summed E-state index contributed by atoms with van der Waals surface area (Å²) in [5, 5.41) is 5.92. The van der Waals surface area contributed by atoms with E-state index in [4.69, 9.17) is 0 Å². The second-order valence-electron chi connectivity index (χ2n) is 5.04. The highest BCUT2D eigenvalue weighted by Gasteiger charge is 1.98. The summed E-state index contributed by atoms with van der Waals surface area (Å²) in [6.07, 6.45) is 5.87. The molecule has 0 radical (unpaired) electrons. The van der Waals surface area contributed by atoms with Gasteiger partial charge in [0.15, 0.2) is 0 Å². The van der Waals surface area contributed by atoms with Crippen molar-refractivity contribution in [3.8, 4) is 0 Å². The van der Waals surface area contributed by atoms with Gasteiger partial charge in [0.05, 0.1) is 0 Å².